The number of likely N-dealkylation sites (tertiary alicyclic amines) is 1. The molecule has 2 heterocycles. The molecule has 4 nitrogen and oxygen atoms in total. The van der Waals surface area contributed by atoms with Crippen molar-refractivity contribution in [3.63, 3.8) is 0 Å². The zero-order valence-corrected chi connectivity index (χ0v) is 12.2. The predicted octanol–water partition coefficient (Wildman–Crippen LogP) is 2.03. The van der Waals surface area contributed by atoms with Crippen LogP contribution in [0.2, 0.25) is 0 Å². The minimum atomic E-state index is 0.608. The molecule has 1 aromatic rings. The van der Waals surface area contributed by atoms with Crippen LogP contribution in [-0.4, -0.2) is 43.8 Å². The van der Waals surface area contributed by atoms with E-state index in [0.29, 0.717) is 19.3 Å². The average molecular weight is 276 g/mol. The first kappa shape index (κ1) is 13.7. The summed E-state index contributed by atoms with van der Waals surface area (Å²) in [6.07, 6.45) is 2.58. The van der Waals surface area contributed by atoms with Gasteiger partial charge in [-0.05, 0) is 43.6 Å². The fourth-order valence-electron chi connectivity index (χ4n) is 2.97. The van der Waals surface area contributed by atoms with E-state index in [1.165, 1.54) is 31.5 Å². The van der Waals surface area contributed by atoms with Crippen LogP contribution in [0.3, 0.4) is 0 Å². The van der Waals surface area contributed by atoms with Gasteiger partial charge in [0.25, 0.3) is 0 Å². The normalized spacial score (nSPS) is 22.8. The van der Waals surface area contributed by atoms with E-state index < -0.39 is 0 Å². The first-order valence-corrected chi connectivity index (χ1v) is 7.69. The van der Waals surface area contributed by atoms with Gasteiger partial charge in [0.05, 0.1) is 0 Å². The molecular weight excluding hydrogens is 252 g/mol. The minimum Gasteiger partial charge on any atom is -0.486 e. The Bertz CT molecular complexity index is 450. The zero-order chi connectivity index (χ0) is 13.8. The monoisotopic (exact) mass is 276 g/mol. The molecule has 0 amide bonds. The number of rotatable bonds is 4. The van der Waals surface area contributed by atoms with Crippen LogP contribution in [-0.2, 0) is 6.54 Å². The molecule has 1 N–H and O–H groups in total. The van der Waals surface area contributed by atoms with Crippen molar-refractivity contribution in [2.75, 3.05) is 32.8 Å². The lowest BCUT2D eigenvalue weighted by molar-refractivity contribution is 0.171. The molecule has 0 spiro atoms. The topological polar surface area (TPSA) is 33.7 Å². The summed E-state index contributed by atoms with van der Waals surface area (Å²) in [5, 5.41) is 3.67. The maximum atomic E-state index is 5.63. The van der Waals surface area contributed by atoms with Crippen LogP contribution < -0.4 is 14.8 Å². The SMILES string of the molecule is CCN1CCCC(NCc2ccc3c(c2)OCCO3)C1. The Labute approximate surface area is 121 Å². The molecule has 1 fully saturated rings. The van der Waals surface area contributed by atoms with Crippen LogP contribution in [0.25, 0.3) is 0 Å². The van der Waals surface area contributed by atoms with E-state index in [0.717, 1.165) is 24.6 Å². The van der Waals surface area contributed by atoms with Crippen LogP contribution in [0.15, 0.2) is 18.2 Å². The largest absolute Gasteiger partial charge is 0.486 e. The van der Waals surface area contributed by atoms with Crippen molar-refractivity contribution >= 4 is 0 Å². The van der Waals surface area contributed by atoms with Crippen molar-refractivity contribution in [1.82, 2.24) is 10.2 Å². The maximum absolute atomic E-state index is 5.63. The Morgan fingerprint density at radius 3 is 2.95 bits per heavy atom. The zero-order valence-electron chi connectivity index (χ0n) is 12.2. The third-order valence-corrected chi connectivity index (χ3v) is 4.15. The number of hydrogen-bond acceptors (Lipinski definition) is 4. The van der Waals surface area contributed by atoms with Gasteiger partial charge in [0.15, 0.2) is 11.5 Å². The third-order valence-electron chi connectivity index (χ3n) is 4.15. The fourth-order valence-corrected chi connectivity index (χ4v) is 2.97. The van der Waals surface area contributed by atoms with Gasteiger partial charge in [0.1, 0.15) is 13.2 Å². The molecule has 2 aliphatic rings. The number of benzene rings is 1. The number of nitrogens with zero attached hydrogens (tertiary/aromatic N) is 1. The standard InChI is InChI=1S/C16H24N2O2/c1-2-18-7-3-4-14(12-18)17-11-13-5-6-15-16(10-13)20-9-8-19-15/h5-6,10,14,17H,2-4,7-9,11-12H2,1H3. The lowest BCUT2D eigenvalue weighted by Crippen LogP contribution is -2.45. The van der Waals surface area contributed by atoms with Gasteiger partial charge >= 0.3 is 0 Å². The molecule has 1 saturated heterocycles. The van der Waals surface area contributed by atoms with Gasteiger partial charge in [0, 0.05) is 19.1 Å². The summed E-state index contributed by atoms with van der Waals surface area (Å²) >= 11 is 0. The molecule has 1 aromatic carbocycles. The lowest BCUT2D eigenvalue weighted by atomic mass is 10.1. The maximum Gasteiger partial charge on any atom is 0.161 e. The van der Waals surface area contributed by atoms with Crippen molar-refractivity contribution < 1.29 is 9.47 Å². The average Bonchev–Trinajstić information content (AvgIpc) is 2.53. The molecule has 0 saturated carbocycles. The molecule has 2 aliphatic heterocycles. The molecule has 0 aliphatic carbocycles. The highest BCUT2D eigenvalue weighted by Gasteiger charge is 2.18. The summed E-state index contributed by atoms with van der Waals surface area (Å²) in [6, 6.07) is 6.85. The summed E-state index contributed by atoms with van der Waals surface area (Å²) in [6.45, 7) is 8.02. The smallest absolute Gasteiger partial charge is 0.161 e. The van der Waals surface area contributed by atoms with E-state index in [1.807, 2.05) is 6.07 Å². The van der Waals surface area contributed by atoms with Gasteiger partial charge in [-0.25, -0.2) is 0 Å². The van der Waals surface area contributed by atoms with Crippen molar-refractivity contribution in [1.29, 1.82) is 0 Å². The van der Waals surface area contributed by atoms with E-state index in [9.17, 15) is 0 Å². The number of fused-ring (bicyclic) bond motifs is 1. The second-order valence-corrected chi connectivity index (χ2v) is 5.59. The molecule has 20 heavy (non-hydrogen) atoms. The summed E-state index contributed by atoms with van der Waals surface area (Å²) in [7, 11) is 0. The number of hydrogen-bond donors (Lipinski definition) is 1. The van der Waals surface area contributed by atoms with Crippen LogP contribution in [0, 0.1) is 0 Å². The molecule has 110 valence electrons. The second-order valence-electron chi connectivity index (χ2n) is 5.59. The van der Waals surface area contributed by atoms with E-state index in [4.69, 9.17) is 9.47 Å². The quantitative estimate of drug-likeness (QED) is 0.912. The van der Waals surface area contributed by atoms with Crippen LogP contribution in [0.5, 0.6) is 11.5 Å². The molecule has 0 bridgehead atoms. The summed E-state index contributed by atoms with van der Waals surface area (Å²) < 4.78 is 11.2. The van der Waals surface area contributed by atoms with Crippen molar-refractivity contribution in [3.8, 4) is 11.5 Å². The number of ether oxygens (including phenoxy) is 2. The van der Waals surface area contributed by atoms with Crippen molar-refractivity contribution in [2.24, 2.45) is 0 Å². The van der Waals surface area contributed by atoms with Gasteiger partial charge in [-0.2, -0.15) is 0 Å². The minimum absolute atomic E-state index is 0.608. The fraction of sp³-hybridized carbons (Fsp3) is 0.625. The number of piperidine rings is 1. The molecule has 1 atom stereocenters. The molecule has 4 heteroatoms. The van der Waals surface area contributed by atoms with E-state index in [1.54, 1.807) is 0 Å². The van der Waals surface area contributed by atoms with Crippen molar-refractivity contribution in [2.45, 2.75) is 32.4 Å². The lowest BCUT2D eigenvalue weighted by Gasteiger charge is -2.32. The summed E-state index contributed by atoms with van der Waals surface area (Å²) in [5.41, 5.74) is 1.27. The van der Waals surface area contributed by atoms with E-state index in [2.05, 4.69) is 29.3 Å². The molecule has 0 aromatic heterocycles. The second kappa shape index (κ2) is 6.46. The molecule has 0 radical (unpaired) electrons. The Kier molecular flexibility index (Phi) is 4.43. The Morgan fingerprint density at radius 1 is 1.25 bits per heavy atom. The van der Waals surface area contributed by atoms with Crippen LogP contribution in [0.1, 0.15) is 25.3 Å². The Balaban J connectivity index is 1.55. The van der Waals surface area contributed by atoms with E-state index >= 15 is 0 Å². The third kappa shape index (κ3) is 3.25. The molecule has 3 rings (SSSR count). The van der Waals surface area contributed by atoms with Gasteiger partial charge in [0.2, 0.25) is 0 Å². The first-order valence-electron chi connectivity index (χ1n) is 7.69. The summed E-state index contributed by atoms with van der Waals surface area (Å²) in [4.78, 5) is 2.52. The molecule has 1 unspecified atom stereocenters. The van der Waals surface area contributed by atoms with Crippen molar-refractivity contribution in [3.05, 3.63) is 23.8 Å². The number of nitrogens with one attached hydrogen (secondary N) is 1. The molecular formula is C16H24N2O2. The highest BCUT2D eigenvalue weighted by Crippen LogP contribution is 2.30. The predicted molar refractivity (Wildman–Crippen MR) is 79.4 cm³/mol. The number of likely N-dealkylation sites (N-methyl/N-ethyl adjacent to an activating group) is 1. The van der Waals surface area contributed by atoms with Gasteiger partial charge in [-0.3, -0.25) is 0 Å². The van der Waals surface area contributed by atoms with Gasteiger partial charge in [-0.15, -0.1) is 0 Å². The van der Waals surface area contributed by atoms with Gasteiger partial charge < -0.3 is 19.7 Å². The Morgan fingerprint density at radius 2 is 2.10 bits per heavy atom. The van der Waals surface area contributed by atoms with Gasteiger partial charge in [-0.1, -0.05) is 13.0 Å². The Hall–Kier alpha value is -1.26. The summed E-state index contributed by atoms with van der Waals surface area (Å²) in [5.74, 6) is 1.75. The van der Waals surface area contributed by atoms with E-state index in [-0.39, 0.29) is 0 Å². The first-order chi connectivity index (χ1) is 9.85. The van der Waals surface area contributed by atoms with Crippen LogP contribution in [0.4, 0.5) is 0 Å². The highest BCUT2D eigenvalue weighted by molar-refractivity contribution is 5.43. The van der Waals surface area contributed by atoms with Crippen LogP contribution >= 0.6 is 0 Å². The highest BCUT2D eigenvalue weighted by atomic mass is 16.6.